The summed E-state index contributed by atoms with van der Waals surface area (Å²) in [6.07, 6.45) is 4.20. The second-order valence-corrected chi connectivity index (χ2v) is 7.34. The van der Waals surface area contributed by atoms with Crippen LogP contribution in [0.3, 0.4) is 0 Å². The van der Waals surface area contributed by atoms with Crippen molar-refractivity contribution in [2.75, 3.05) is 6.26 Å². The van der Waals surface area contributed by atoms with E-state index in [0.717, 1.165) is 12.3 Å². The van der Waals surface area contributed by atoms with Crippen molar-refractivity contribution in [3.63, 3.8) is 0 Å². The number of rotatable bonds is 5. The smallest absolute Gasteiger partial charge is 0.245 e. The largest absolute Gasteiger partial charge is 0.348 e. The monoisotopic (exact) mass is 339 g/mol. The van der Waals surface area contributed by atoms with Crippen LogP contribution in [0, 0.1) is 5.82 Å². The van der Waals surface area contributed by atoms with E-state index in [9.17, 15) is 17.6 Å². The Hall–Kier alpha value is -2.22. The van der Waals surface area contributed by atoms with Crippen LogP contribution in [0.25, 0.3) is 0 Å². The van der Waals surface area contributed by atoms with Crippen molar-refractivity contribution in [2.24, 2.45) is 0 Å². The highest BCUT2D eigenvalue weighted by molar-refractivity contribution is 7.90. The Morgan fingerprint density at radius 2 is 2.04 bits per heavy atom. The van der Waals surface area contributed by atoms with Crippen molar-refractivity contribution in [1.82, 2.24) is 15.1 Å². The molecule has 0 aliphatic carbocycles. The number of carbonyl (C=O) groups is 1. The van der Waals surface area contributed by atoms with Gasteiger partial charge in [-0.15, -0.1) is 0 Å². The van der Waals surface area contributed by atoms with Crippen molar-refractivity contribution in [2.45, 2.75) is 30.8 Å². The minimum Gasteiger partial charge on any atom is -0.348 e. The van der Waals surface area contributed by atoms with E-state index in [2.05, 4.69) is 10.4 Å². The lowest BCUT2D eigenvalue weighted by Gasteiger charge is -2.18. The number of benzene rings is 1. The van der Waals surface area contributed by atoms with Gasteiger partial charge in [0.15, 0.2) is 9.84 Å². The molecular weight excluding hydrogens is 321 g/mol. The molecule has 1 N–H and O–H groups in total. The van der Waals surface area contributed by atoms with E-state index in [1.807, 2.05) is 0 Å². The fourth-order valence-corrected chi connectivity index (χ4v) is 2.86. The molecule has 23 heavy (non-hydrogen) atoms. The predicted octanol–water partition coefficient (Wildman–Crippen LogP) is 1.86. The van der Waals surface area contributed by atoms with Gasteiger partial charge < -0.3 is 5.32 Å². The van der Waals surface area contributed by atoms with Crippen molar-refractivity contribution >= 4 is 15.7 Å². The first-order valence-electron chi connectivity index (χ1n) is 6.99. The summed E-state index contributed by atoms with van der Waals surface area (Å²) in [6, 6.07) is 4.56. The van der Waals surface area contributed by atoms with E-state index < -0.39 is 27.7 Å². The molecule has 8 heteroatoms. The lowest BCUT2D eigenvalue weighted by atomic mass is 10.1. The molecule has 1 amide bonds. The SMILES string of the molecule is CC(NC(=O)C(C)n1cccn1)c1ccc(S(C)(=O)=O)c(F)c1. The predicted molar refractivity (Wildman–Crippen MR) is 83.0 cm³/mol. The van der Waals surface area contributed by atoms with Crippen molar-refractivity contribution in [3.05, 3.63) is 48.0 Å². The Labute approximate surface area is 134 Å². The van der Waals surface area contributed by atoms with E-state index in [1.54, 1.807) is 32.3 Å². The van der Waals surface area contributed by atoms with Gasteiger partial charge in [0.25, 0.3) is 0 Å². The second kappa shape index (κ2) is 6.49. The zero-order valence-electron chi connectivity index (χ0n) is 13.0. The zero-order valence-corrected chi connectivity index (χ0v) is 13.8. The first-order valence-corrected chi connectivity index (χ1v) is 8.88. The number of nitrogens with one attached hydrogen (secondary N) is 1. The van der Waals surface area contributed by atoms with Gasteiger partial charge in [0.2, 0.25) is 5.91 Å². The van der Waals surface area contributed by atoms with Crippen LogP contribution in [-0.2, 0) is 14.6 Å². The minimum atomic E-state index is -3.62. The average molecular weight is 339 g/mol. The van der Waals surface area contributed by atoms with Gasteiger partial charge in [0, 0.05) is 18.6 Å². The van der Waals surface area contributed by atoms with Crippen LogP contribution < -0.4 is 5.32 Å². The maximum atomic E-state index is 13.9. The van der Waals surface area contributed by atoms with Crippen LogP contribution in [0.4, 0.5) is 4.39 Å². The first kappa shape index (κ1) is 17.1. The summed E-state index contributed by atoms with van der Waals surface area (Å²) in [5, 5.41) is 6.75. The van der Waals surface area contributed by atoms with E-state index >= 15 is 0 Å². The van der Waals surface area contributed by atoms with E-state index in [1.165, 1.54) is 16.8 Å². The van der Waals surface area contributed by atoms with E-state index in [-0.39, 0.29) is 10.8 Å². The number of halogens is 1. The number of aromatic nitrogens is 2. The normalized spacial score (nSPS) is 14.3. The van der Waals surface area contributed by atoms with Gasteiger partial charge in [-0.2, -0.15) is 5.10 Å². The molecule has 6 nitrogen and oxygen atoms in total. The maximum Gasteiger partial charge on any atom is 0.245 e. The molecule has 0 saturated heterocycles. The van der Waals surface area contributed by atoms with Crippen LogP contribution in [0.1, 0.15) is 31.5 Å². The molecule has 1 aromatic heterocycles. The Balaban J connectivity index is 2.13. The van der Waals surface area contributed by atoms with Gasteiger partial charge in [-0.1, -0.05) is 6.07 Å². The third kappa shape index (κ3) is 3.95. The summed E-state index contributed by atoms with van der Waals surface area (Å²) in [5.74, 6) is -1.10. The highest BCUT2D eigenvalue weighted by Crippen LogP contribution is 2.20. The number of nitrogens with zero attached hydrogens (tertiary/aromatic N) is 2. The maximum absolute atomic E-state index is 13.9. The summed E-state index contributed by atoms with van der Waals surface area (Å²) in [4.78, 5) is 11.8. The highest BCUT2D eigenvalue weighted by atomic mass is 32.2. The van der Waals surface area contributed by atoms with Crippen LogP contribution in [-0.4, -0.2) is 30.4 Å². The van der Waals surface area contributed by atoms with Crippen LogP contribution in [0.2, 0.25) is 0 Å². The number of amides is 1. The third-order valence-corrected chi connectivity index (χ3v) is 4.65. The Morgan fingerprint density at radius 1 is 1.35 bits per heavy atom. The van der Waals surface area contributed by atoms with Crippen LogP contribution >= 0.6 is 0 Å². The van der Waals surface area contributed by atoms with E-state index in [0.29, 0.717) is 5.56 Å². The fourth-order valence-electron chi connectivity index (χ4n) is 2.13. The molecule has 2 aromatic rings. The molecule has 0 fully saturated rings. The number of carbonyl (C=O) groups excluding carboxylic acids is 1. The number of sulfone groups is 1. The fraction of sp³-hybridized carbons (Fsp3) is 0.333. The van der Waals surface area contributed by atoms with Gasteiger partial charge in [0.1, 0.15) is 16.8 Å². The minimum absolute atomic E-state index is 0.270. The summed E-state index contributed by atoms with van der Waals surface area (Å²) >= 11 is 0. The molecule has 2 unspecified atom stereocenters. The summed E-state index contributed by atoms with van der Waals surface area (Å²) in [7, 11) is -3.62. The molecule has 0 spiro atoms. The molecule has 1 heterocycles. The van der Waals surface area contributed by atoms with Gasteiger partial charge in [-0.3, -0.25) is 9.48 Å². The van der Waals surface area contributed by atoms with Gasteiger partial charge >= 0.3 is 0 Å². The van der Waals surface area contributed by atoms with Gasteiger partial charge in [0.05, 0.1) is 6.04 Å². The molecular formula is C15H18FN3O3S. The van der Waals surface area contributed by atoms with Crippen LogP contribution in [0.5, 0.6) is 0 Å². The molecule has 2 atom stereocenters. The second-order valence-electron chi connectivity index (χ2n) is 5.35. The van der Waals surface area contributed by atoms with Gasteiger partial charge in [-0.25, -0.2) is 12.8 Å². The molecule has 2 rings (SSSR count). The molecule has 0 bridgehead atoms. The van der Waals surface area contributed by atoms with E-state index in [4.69, 9.17) is 0 Å². The summed E-state index contributed by atoms with van der Waals surface area (Å²) < 4.78 is 38.3. The average Bonchev–Trinajstić information content (AvgIpc) is 2.98. The quantitative estimate of drug-likeness (QED) is 0.901. The topological polar surface area (TPSA) is 81.1 Å². The molecule has 124 valence electrons. The first-order chi connectivity index (χ1) is 10.7. The summed E-state index contributed by atoms with van der Waals surface area (Å²) in [6.45, 7) is 3.39. The van der Waals surface area contributed by atoms with Crippen molar-refractivity contribution in [3.8, 4) is 0 Å². The zero-order chi connectivity index (χ0) is 17.2. The van der Waals surface area contributed by atoms with Crippen molar-refractivity contribution < 1.29 is 17.6 Å². The Kier molecular flexibility index (Phi) is 4.84. The lowest BCUT2D eigenvalue weighted by molar-refractivity contribution is -0.124. The molecule has 0 saturated carbocycles. The lowest BCUT2D eigenvalue weighted by Crippen LogP contribution is -2.33. The molecule has 0 aliphatic heterocycles. The molecule has 1 aromatic carbocycles. The molecule has 0 aliphatic rings. The molecule has 0 radical (unpaired) electrons. The Morgan fingerprint density at radius 3 is 2.57 bits per heavy atom. The van der Waals surface area contributed by atoms with Crippen LogP contribution in [0.15, 0.2) is 41.6 Å². The standard InChI is InChI=1S/C15H18FN3O3S/c1-10(18-15(20)11(2)19-8-4-7-17-19)12-5-6-14(13(16)9-12)23(3,21)22/h4-11H,1-3H3,(H,18,20). The van der Waals surface area contributed by atoms with Gasteiger partial charge in [-0.05, 0) is 37.6 Å². The summed E-state index contributed by atoms with van der Waals surface area (Å²) in [5.41, 5.74) is 0.482. The number of hydrogen-bond acceptors (Lipinski definition) is 4. The highest BCUT2D eigenvalue weighted by Gasteiger charge is 2.20. The van der Waals surface area contributed by atoms with Crippen molar-refractivity contribution in [1.29, 1.82) is 0 Å². The Bertz CT molecular complexity index is 803. The number of hydrogen-bond donors (Lipinski definition) is 1. The third-order valence-electron chi connectivity index (χ3n) is 3.52.